The minimum atomic E-state index is 0.0179. The Kier molecular flexibility index (Phi) is 6.64. The Morgan fingerprint density at radius 2 is 2.16 bits per heavy atom. The van der Waals surface area contributed by atoms with Gasteiger partial charge in [-0.05, 0) is 62.3 Å². The molecule has 7 nitrogen and oxygen atoms in total. The molecule has 1 aliphatic rings. The first kappa shape index (κ1) is 22.5. The molecular formula is C23H27ClN6OS. The number of benzene rings is 1. The number of nitrogens with zero attached hydrogens (tertiary/aromatic N) is 3. The lowest BCUT2D eigenvalue weighted by Gasteiger charge is -2.13. The number of thiazole rings is 1. The van der Waals surface area contributed by atoms with Crippen molar-refractivity contribution in [1.29, 1.82) is 0 Å². The number of amidine groups is 1. The molecule has 0 amide bonds. The van der Waals surface area contributed by atoms with Crippen LogP contribution in [0.5, 0.6) is 5.88 Å². The second-order valence-electron chi connectivity index (χ2n) is 8.19. The molecule has 0 fully saturated rings. The van der Waals surface area contributed by atoms with Crippen LogP contribution in [0.1, 0.15) is 49.3 Å². The van der Waals surface area contributed by atoms with E-state index in [2.05, 4.69) is 34.7 Å². The zero-order valence-corrected chi connectivity index (χ0v) is 19.9. The number of nitrogens with two attached hydrogens (primary N) is 2. The molecule has 0 saturated heterocycles. The Balaban J connectivity index is 1.59. The fourth-order valence-electron chi connectivity index (χ4n) is 4.19. The maximum Gasteiger partial charge on any atom is 0.232 e. The summed E-state index contributed by atoms with van der Waals surface area (Å²) < 4.78 is 5.63. The van der Waals surface area contributed by atoms with Crippen molar-refractivity contribution in [3.63, 3.8) is 0 Å². The molecule has 1 aliphatic carbocycles. The molecule has 2 aromatic heterocycles. The van der Waals surface area contributed by atoms with E-state index < -0.39 is 0 Å². The third-order valence-corrected chi connectivity index (χ3v) is 7.01. The summed E-state index contributed by atoms with van der Waals surface area (Å²) in [6, 6.07) is 6.25. The zero-order chi connectivity index (χ0) is 22.8. The Labute approximate surface area is 196 Å². The number of fused-ring (bicyclic) bond motifs is 1. The van der Waals surface area contributed by atoms with Crippen LogP contribution >= 0.6 is 22.9 Å². The summed E-state index contributed by atoms with van der Waals surface area (Å²) in [5.41, 5.74) is 14.3. The van der Waals surface area contributed by atoms with Gasteiger partial charge in [0.2, 0.25) is 5.88 Å². The summed E-state index contributed by atoms with van der Waals surface area (Å²) >= 11 is 8.01. The molecule has 2 heterocycles. The average Bonchev–Trinajstić information content (AvgIpc) is 3.38. The van der Waals surface area contributed by atoms with Gasteiger partial charge in [0, 0.05) is 29.9 Å². The predicted octanol–water partition coefficient (Wildman–Crippen LogP) is 4.78. The van der Waals surface area contributed by atoms with E-state index in [1.54, 1.807) is 17.5 Å². The number of ether oxygens (including phenoxy) is 1. The molecule has 3 aromatic rings. The van der Waals surface area contributed by atoms with E-state index in [1.807, 2.05) is 26.1 Å². The molecule has 0 spiro atoms. The monoisotopic (exact) mass is 470 g/mol. The first-order valence-corrected chi connectivity index (χ1v) is 11.8. The van der Waals surface area contributed by atoms with E-state index >= 15 is 0 Å². The van der Waals surface area contributed by atoms with E-state index in [-0.39, 0.29) is 6.10 Å². The number of rotatable bonds is 7. The molecule has 1 aromatic carbocycles. The molecule has 1 atom stereocenters. The number of pyridine rings is 1. The zero-order valence-electron chi connectivity index (χ0n) is 18.4. The summed E-state index contributed by atoms with van der Waals surface area (Å²) in [6.07, 6.45) is 6.45. The second kappa shape index (κ2) is 9.44. The third-order valence-electron chi connectivity index (χ3n) is 5.66. The molecular weight excluding hydrogens is 444 g/mol. The van der Waals surface area contributed by atoms with Crippen molar-refractivity contribution in [1.82, 2.24) is 15.5 Å². The smallest absolute Gasteiger partial charge is 0.232 e. The SMILES string of the molecule is Cc1c(-c2ncc(-c3cnc(OC(C)C)c(Cl)c3)s2)ccc2c1CCC2C/C(N)=N/NN. The summed E-state index contributed by atoms with van der Waals surface area (Å²) in [4.78, 5) is 10.1. The van der Waals surface area contributed by atoms with Crippen LogP contribution in [0.2, 0.25) is 5.02 Å². The summed E-state index contributed by atoms with van der Waals surface area (Å²) in [5, 5.41) is 5.38. The minimum absolute atomic E-state index is 0.0179. The molecule has 0 aliphatic heterocycles. The number of hydrazine groups is 1. The van der Waals surface area contributed by atoms with Crippen molar-refractivity contribution in [3.05, 3.63) is 52.3 Å². The molecule has 0 bridgehead atoms. The highest BCUT2D eigenvalue weighted by Crippen LogP contribution is 2.42. The van der Waals surface area contributed by atoms with Crippen LogP contribution in [0.3, 0.4) is 0 Å². The van der Waals surface area contributed by atoms with Gasteiger partial charge in [-0.2, -0.15) is 5.10 Å². The maximum absolute atomic E-state index is 6.37. The first-order chi connectivity index (χ1) is 15.4. The van der Waals surface area contributed by atoms with E-state index in [1.165, 1.54) is 16.7 Å². The van der Waals surface area contributed by atoms with Crippen molar-refractivity contribution >= 4 is 28.8 Å². The molecule has 0 saturated carbocycles. The average molecular weight is 471 g/mol. The van der Waals surface area contributed by atoms with Gasteiger partial charge in [-0.25, -0.2) is 21.3 Å². The lowest BCUT2D eigenvalue weighted by Crippen LogP contribution is -2.23. The van der Waals surface area contributed by atoms with Gasteiger partial charge in [-0.1, -0.05) is 23.7 Å². The molecule has 4 rings (SSSR count). The van der Waals surface area contributed by atoms with Crippen LogP contribution in [0.4, 0.5) is 0 Å². The van der Waals surface area contributed by atoms with Gasteiger partial charge in [0.15, 0.2) is 0 Å². The van der Waals surface area contributed by atoms with Crippen molar-refractivity contribution in [2.24, 2.45) is 16.7 Å². The first-order valence-electron chi connectivity index (χ1n) is 10.6. The van der Waals surface area contributed by atoms with Gasteiger partial charge in [0.25, 0.3) is 0 Å². The standard InChI is InChI=1S/C23H27ClN6OS/c1-12(2)31-22-19(24)8-15(10-27-22)20-11-28-23(32-20)17-6-7-18-14(9-21(25)29-30-26)4-5-16(18)13(17)3/h6-8,10-12,14,30H,4-5,9,26H2,1-3H3,(H2,25,29). The van der Waals surface area contributed by atoms with Crippen molar-refractivity contribution in [2.75, 3.05) is 0 Å². The van der Waals surface area contributed by atoms with Crippen LogP contribution in [0.15, 0.2) is 35.7 Å². The Morgan fingerprint density at radius 3 is 2.88 bits per heavy atom. The topological polar surface area (TPSA) is 111 Å². The summed E-state index contributed by atoms with van der Waals surface area (Å²) in [5.74, 6) is 6.58. The van der Waals surface area contributed by atoms with Crippen LogP contribution in [0.25, 0.3) is 21.0 Å². The van der Waals surface area contributed by atoms with Gasteiger partial charge in [-0.3, -0.25) is 0 Å². The molecule has 9 heteroatoms. The van der Waals surface area contributed by atoms with Crippen LogP contribution in [0, 0.1) is 6.92 Å². The number of hydrogen-bond acceptors (Lipinski definition) is 7. The largest absolute Gasteiger partial charge is 0.474 e. The second-order valence-corrected chi connectivity index (χ2v) is 9.62. The molecule has 1 unspecified atom stereocenters. The van der Waals surface area contributed by atoms with E-state index in [0.29, 0.717) is 29.1 Å². The minimum Gasteiger partial charge on any atom is -0.474 e. The van der Waals surface area contributed by atoms with Gasteiger partial charge in [-0.15, -0.1) is 11.3 Å². The summed E-state index contributed by atoms with van der Waals surface area (Å²) in [7, 11) is 0. The lowest BCUT2D eigenvalue weighted by atomic mass is 9.93. The van der Waals surface area contributed by atoms with Gasteiger partial charge in [0.05, 0.1) is 11.0 Å². The van der Waals surface area contributed by atoms with Crippen molar-refractivity contribution in [3.8, 4) is 26.9 Å². The summed E-state index contributed by atoms with van der Waals surface area (Å²) in [6.45, 7) is 6.07. The highest BCUT2D eigenvalue weighted by atomic mass is 35.5. The van der Waals surface area contributed by atoms with E-state index in [0.717, 1.165) is 33.9 Å². The fraction of sp³-hybridized carbons (Fsp3) is 0.348. The van der Waals surface area contributed by atoms with Crippen molar-refractivity contribution in [2.45, 2.75) is 52.1 Å². The van der Waals surface area contributed by atoms with Crippen molar-refractivity contribution < 1.29 is 4.74 Å². The third kappa shape index (κ3) is 4.57. The molecule has 168 valence electrons. The molecule has 5 N–H and O–H groups in total. The Bertz CT molecular complexity index is 1160. The van der Waals surface area contributed by atoms with Crippen LogP contribution in [-0.4, -0.2) is 21.9 Å². The number of nitrogens with one attached hydrogen (secondary N) is 1. The normalized spacial score (nSPS) is 15.8. The molecule has 0 radical (unpaired) electrons. The number of hydrogen-bond donors (Lipinski definition) is 3. The highest BCUT2D eigenvalue weighted by Gasteiger charge is 2.26. The Morgan fingerprint density at radius 1 is 1.34 bits per heavy atom. The van der Waals surface area contributed by atoms with Gasteiger partial charge < -0.3 is 10.5 Å². The maximum atomic E-state index is 6.37. The van der Waals surface area contributed by atoms with E-state index in [4.69, 9.17) is 32.9 Å². The number of hydrazone groups is 1. The van der Waals surface area contributed by atoms with Crippen LogP contribution in [-0.2, 0) is 6.42 Å². The van der Waals surface area contributed by atoms with Gasteiger partial charge in [0.1, 0.15) is 15.9 Å². The predicted molar refractivity (Wildman–Crippen MR) is 131 cm³/mol. The number of aromatic nitrogens is 2. The highest BCUT2D eigenvalue weighted by molar-refractivity contribution is 7.18. The van der Waals surface area contributed by atoms with Gasteiger partial charge >= 0.3 is 0 Å². The number of halogens is 1. The fourth-order valence-corrected chi connectivity index (χ4v) is 5.38. The van der Waals surface area contributed by atoms with E-state index in [9.17, 15) is 0 Å². The Hall–Kier alpha value is -2.68. The van der Waals surface area contributed by atoms with Crippen LogP contribution < -0.4 is 21.8 Å². The lowest BCUT2D eigenvalue weighted by molar-refractivity contribution is 0.233. The molecule has 32 heavy (non-hydrogen) atoms. The quantitative estimate of drug-likeness (QED) is 0.198.